The minimum absolute atomic E-state index is 0.341. The molecule has 1 fully saturated rings. The minimum Gasteiger partial charge on any atom is -0.349 e. The van der Waals surface area contributed by atoms with Gasteiger partial charge in [-0.15, -0.1) is 0 Å². The van der Waals surface area contributed by atoms with Crippen LogP contribution in [-0.4, -0.2) is 10.6 Å². The van der Waals surface area contributed by atoms with Crippen molar-refractivity contribution < 1.29 is 4.79 Å². The molecule has 0 amide bonds. The van der Waals surface area contributed by atoms with Gasteiger partial charge in [0, 0.05) is 24.1 Å². The highest BCUT2D eigenvalue weighted by molar-refractivity contribution is 6.35. The van der Waals surface area contributed by atoms with Crippen molar-refractivity contribution in [2.45, 2.75) is 24.8 Å². The van der Waals surface area contributed by atoms with Gasteiger partial charge in [-0.3, -0.25) is 0 Å². The van der Waals surface area contributed by atoms with E-state index < -0.39 is 0 Å². The first kappa shape index (κ1) is 11.5. The fourth-order valence-corrected chi connectivity index (χ4v) is 2.99. The Balaban J connectivity index is 2.19. The number of hydrogen-bond donors (Lipinski definition) is 0. The summed E-state index contributed by atoms with van der Waals surface area (Å²) in [7, 11) is 1.97. The zero-order chi connectivity index (χ0) is 12.8. The van der Waals surface area contributed by atoms with Crippen LogP contribution in [0.3, 0.4) is 0 Å². The van der Waals surface area contributed by atoms with Crippen LogP contribution in [0.2, 0.25) is 5.02 Å². The monoisotopic (exact) mass is 260 g/mol. The van der Waals surface area contributed by atoms with Crippen LogP contribution in [0.1, 0.15) is 24.8 Å². The number of benzene rings is 1. The summed E-state index contributed by atoms with van der Waals surface area (Å²) in [5.41, 5.74) is 1.82. The van der Waals surface area contributed by atoms with Gasteiger partial charge in [-0.05, 0) is 30.9 Å². The second-order valence-electron chi connectivity index (χ2n) is 4.91. The molecule has 1 aliphatic rings. The maximum absolute atomic E-state index is 10.6. The highest BCUT2D eigenvalue weighted by Crippen LogP contribution is 2.45. The van der Waals surface area contributed by atoms with Gasteiger partial charge in [0.2, 0.25) is 6.08 Å². The fraction of sp³-hybridized carbons (Fsp3) is 0.357. The van der Waals surface area contributed by atoms with E-state index in [1.54, 1.807) is 6.08 Å². The Morgan fingerprint density at radius 2 is 2.22 bits per heavy atom. The second kappa shape index (κ2) is 3.98. The van der Waals surface area contributed by atoms with Crippen molar-refractivity contribution in [2.24, 2.45) is 12.0 Å². The van der Waals surface area contributed by atoms with Gasteiger partial charge in [0.15, 0.2) is 0 Å². The lowest BCUT2D eigenvalue weighted by Gasteiger charge is -2.37. The smallest absolute Gasteiger partial charge is 0.235 e. The average molecular weight is 261 g/mol. The summed E-state index contributed by atoms with van der Waals surface area (Å²) in [4.78, 5) is 14.6. The van der Waals surface area contributed by atoms with E-state index in [0.29, 0.717) is 0 Å². The number of aromatic nitrogens is 1. The number of halogens is 1. The van der Waals surface area contributed by atoms with Crippen molar-refractivity contribution >= 4 is 28.6 Å². The van der Waals surface area contributed by atoms with Crippen molar-refractivity contribution in [2.75, 3.05) is 0 Å². The Labute approximate surface area is 110 Å². The predicted octanol–water partition coefficient (Wildman–Crippen LogP) is 3.55. The first-order chi connectivity index (χ1) is 8.66. The molecule has 1 aromatic carbocycles. The molecule has 0 atom stereocenters. The molecule has 1 aromatic heterocycles. The molecule has 4 heteroatoms. The Morgan fingerprint density at radius 3 is 2.83 bits per heavy atom. The highest BCUT2D eigenvalue weighted by atomic mass is 35.5. The van der Waals surface area contributed by atoms with Crippen LogP contribution in [-0.2, 0) is 17.4 Å². The molecular weight excluding hydrogens is 248 g/mol. The Hall–Kier alpha value is -1.57. The summed E-state index contributed by atoms with van der Waals surface area (Å²) < 4.78 is 2.00. The van der Waals surface area contributed by atoms with E-state index in [9.17, 15) is 4.79 Å². The van der Waals surface area contributed by atoms with Crippen molar-refractivity contribution in [1.82, 2.24) is 4.57 Å². The number of nitrogens with zero attached hydrogens (tertiary/aromatic N) is 2. The van der Waals surface area contributed by atoms with Crippen molar-refractivity contribution in [3.8, 4) is 0 Å². The van der Waals surface area contributed by atoms with E-state index >= 15 is 0 Å². The lowest BCUT2D eigenvalue weighted by atomic mass is 9.72. The first-order valence-corrected chi connectivity index (χ1v) is 6.38. The summed E-state index contributed by atoms with van der Waals surface area (Å²) >= 11 is 6.15. The van der Waals surface area contributed by atoms with Gasteiger partial charge >= 0.3 is 0 Å². The van der Waals surface area contributed by atoms with Crippen LogP contribution in [0.25, 0.3) is 10.9 Å². The average Bonchev–Trinajstić information content (AvgIpc) is 2.59. The number of rotatable bonds is 2. The normalized spacial score (nSPS) is 17.2. The van der Waals surface area contributed by atoms with Gasteiger partial charge in [-0.25, -0.2) is 4.79 Å². The van der Waals surface area contributed by atoms with Gasteiger partial charge in [0.1, 0.15) is 0 Å². The molecule has 0 saturated heterocycles. The maximum Gasteiger partial charge on any atom is 0.235 e. The van der Waals surface area contributed by atoms with Crippen molar-refractivity contribution in [3.05, 3.63) is 35.0 Å². The molecule has 2 aromatic rings. The Bertz CT molecular complexity index is 664. The predicted molar refractivity (Wildman–Crippen MR) is 71.6 cm³/mol. The summed E-state index contributed by atoms with van der Waals surface area (Å²) in [5.74, 6) is 0. The SMILES string of the molecule is Cn1cc(Cl)c2ccc(C3(N=C=O)CCC3)cc21. The molecule has 0 unspecified atom stereocenters. The fourth-order valence-electron chi connectivity index (χ4n) is 2.69. The van der Waals surface area contributed by atoms with Gasteiger partial charge < -0.3 is 4.57 Å². The van der Waals surface area contributed by atoms with Crippen LogP contribution in [0, 0.1) is 0 Å². The molecule has 0 radical (unpaired) electrons. The molecule has 0 N–H and O–H groups in total. The van der Waals surface area contributed by atoms with Crippen molar-refractivity contribution in [1.29, 1.82) is 0 Å². The van der Waals surface area contributed by atoms with Crippen LogP contribution in [0.4, 0.5) is 0 Å². The van der Waals surface area contributed by atoms with Gasteiger partial charge in [0.05, 0.1) is 10.6 Å². The molecule has 1 aliphatic carbocycles. The topological polar surface area (TPSA) is 34.4 Å². The summed E-state index contributed by atoms with van der Waals surface area (Å²) in [5, 5.41) is 1.79. The number of aryl methyl sites for hydroxylation is 1. The number of carbonyl (C=O) groups excluding carboxylic acids is 1. The molecule has 1 saturated carbocycles. The third-order valence-corrected chi connectivity index (χ3v) is 4.22. The number of aliphatic imine (C=N–C) groups is 1. The van der Waals surface area contributed by atoms with Gasteiger partial charge in [-0.2, -0.15) is 4.99 Å². The standard InChI is InChI=1S/C14H13ClN2O/c1-17-8-12(15)11-4-3-10(7-13(11)17)14(16-9-18)5-2-6-14/h3-4,7-8H,2,5-6H2,1H3. The van der Waals surface area contributed by atoms with E-state index in [2.05, 4.69) is 11.1 Å². The van der Waals surface area contributed by atoms with Gasteiger partial charge in [-0.1, -0.05) is 23.7 Å². The number of fused-ring (bicyclic) bond motifs is 1. The quantitative estimate of drug-likeness (QED) is 0.601. The van der Waals surface area contributed by atoms with E-state index in [-0.39, 0.29) is 5.54 Å². The van der Waals surface area contributed by atoms with Crippen LogP contribution >= 0.6 is 11.6 Å². The molecule has 0 aliphatic heterocycles. The highest BCUT2D eigenvalue weighted by Gasteiger charge is 2.39. The minimum atomic E-state index is -0.341. The lowest BCUT2D eigenvalue weighted by molar-refractivity contribution is 0.256. The number of hydrogen-bond acceptors (Lipinski definition) is 2. The zero-order valence-corrected chi connectivity index (χ0v) is 10.9. The molecule has 0 bridgehead atoms. The molecule has 92 valence electrons. The molecule has 0 spiro atoms. The Morgan fingerprint density at radius 1 is 1.44 bits per heavy atom. The molecule has 18 heavy (non-hydrogen) atoms. The summed E-state index contributed by atoms with van der Waals surface area (Å²) in [6.45, 7) is 0. The Kier molecular flexibility index (Phi) is 2.54. The van der Waals surface area contributed by atoms with Crippen LogP contribution < -0.4 is 0 Å². The van der Waals surface area contributed by atoms with E-state index in [1.165, 1.54) is 0 Å². The summed E-state index contributed by atoms with van der Waals surface area (Å²) in [6, 6.07) is 6.11. The third kappa shape index (κ3) is 1.52. The lowest BCUT2D eigenvalue weighted by Crippen LogP contribution is -2.31. The van der Waals surface area contributed by atoms with Crippen LogP contribution in [0.5, 0.6) is 0 Å². The zero-order valence-electron chi connectivity index (χ0n) is 10.1. The molecule has 3 nitrogen and oxygen atoms in total. The van der Waals surface area contributed by atoms with E-state index in [4.69, 9.17) is 11.6 Å². The van der Waals surface area contributed by atoms with E-state index in [1.807, 2.05) is 29.9 Å². The largest absolute Gasteiger partial charge is 0.349 e. The third-order valence-electron chi connectivity index (χ3n) is 3.92. The maximum atomic E-state index is 10.6. The number of isocyanates is 1. The van der Waals surface area contributed by atoms with Crippen LogP contribution in [0.15, 0.2) is 29.4 Å². The van der Waals surface area contributed by atoms with E-state index in [0.717, 1.165) is 40.8 Å². The van der Waals surface area contributed by atoms with Crippen molar-refractivity contribution in [3.63, 3.8) is 0 Å². The summed E-state index contributed by atoms with van der Waals surface area (Å²) in [6.07, 6.45) is 6.57. The molecular formula is C14H13ClN2O. The molecule has 1 heterocycles. The second-order valence-corrected chi connectivity index (χ2v) is 5.32. The van der Waals surface area contributed by atoms with Gasteiger partial charge in [0.25, 0.3) is 0 Å². The first-order valence-electron chi connectivity index (χ1n) is 6.00. The molecule has 3 rings (SSSR count).